The molecule has 0 aliphatic rings. The summed E-state index contributed by atoms with van der Waals surface area (Å²) in [5.74, 6) is -1.94. The van der Waals surface area contributed by atoms with Crippen LogP contribution in [0.3, 0.4) is 0 Å². The van der Waals surface area contributed by atoms with Crippen molar-refractivity contribution in [1.29, 1.82) is 0 Å². The van der Waals surface area contributed by atoms with E-state index >= 15 is 0 Å². The number of nitrogens with one attached hydrogen (secondary N) is 2. The topological polar surface area (TPSA) is 121 Å². The van der Waals surface area contributed by atoms with Crippen molar-refractivity contribution < 1.29 is 19.5 Å². The van der Waals surface area contributed by atoms with Crippen molar-refractivity contribution in [3.8, 4) is 0 Å². The largest absolute Gasteiger partial charge is 0.476 e. The molecule has 1 heterocycles. The highest BCUT2D eigenvalue weighted by Crippen LogP contribution is 2.13. The summed E-state index contributed by atoms with van der Waals surface area (Å²) in [5.41, 5.74) is 0.402. The molecule has 2 rings (SSSR count). The second-order valence-electron chi connectivity index (χ2n) is 6.32. The molecule has 1 aromatic carbocycles. The van der Waals surface area contributed by atoms with Crippen LogP contribution in [0.5, 0.6) is 0 Å². The molecule has 0 aliphatic carbocycles. The van der Waals surface area contributed by atoms with Gasteiger partial charge >= 0.3 is 5.97 Å². The van der Waals surface area contributed by atoms with Gasteiger partial charge in [-0.1, -0.05) is 6.92 Å². The first-order valence-electron chi connectivity index (χ1n) is 8.01. The summed E-state index contributed by atoms with van der Waals surface area (Å²) in [6, 6.07) is 6.42. The maximum Gasteiger partial charge on any atom is 0.356 e. The summed E-state index contributed by atoms with van der Waals surface area (Å²) in [6.07, 6.45) is 2.90. The molecule has 0 atom stereocenters. The molecule has 26 heavy (non-hydrogen) atoms. The van der Waals surface area contributed by atoms with Crippen molar-refractivity contribution >= 4 is 23.5 Å². The molecular formula is C18H20N4O4. The summed E-state index contributed by atoms with van der Waals surface area (Å²) in [6.45, 7) is 5.87. The van der Waals surface area contributed by atoms with Crippen molar-refractivity contribution in [3.05, 3.63) is 53.6 Å². The number of nitrogens with zero attached hydrogens (tertiary/aromatic N) is 2. The number of benzene rings is 1. The smallest absolute Gasteiger partial charge is 0.356 e. The summed E-state index contributed by atoms with van der Waals surface area (Å²) in [5, 5.41) is 14.3. The van der Waals surface area contributed by atoms with E-state index in [1.165, 1.54) is 0 Å². The lowest BCUT2D eigenvalue weighted by Crippen LogP contribution is -2.42. The molecule has 8 nitrogen and oxygen atoms in total. The van der Waals surface area contributed by atoms with Crippen LogP contribution in [0.1, 0.15) is 58.5 Å². The highest BCUT2D eigenvalue weighted by Gasteiger charge is 2.19. The normalized spacial score (nSPS) is 10.9. The van der Waals surface area contributed by atoms with Gasteiger partial charge in [-0.2, -0.15) is 0 Å². The Bertz CT molecular complexity index is 814. The molecule has 0 saturated carbocycles. The number of carboxylic acid groups (broad SMARTS) is 1. The van der Waals surface area contributed by atoms with Gasteiger partial charge in [0.15, 0.2) is 5.69 Å². The predicted molar refractivity (Wildman–Crippen MR) is 95.2 cm³/mol. The molecule has 0 radical (unpaired) electrons. The summed E-state index contributed by atoms with van der Waals surface area (Å²) in [4.78, 5) is 42.4. The fraction of sp³-hybridized carbons (Fsp3) is 0.278. The molecule has 136 valence electrons. The Morgan fingerprint density at radius 3 is 2.08 bits per heavy atom. The second-order valence-corrected chi connectivity index (χ2v) is 6.32. The molecule has 0 saturated heterocycles. The number of aromatic nitrogens is 2. The number of hydrogen-bond acceptors (Lipinski definition) is 5. The van der Waals surface area contributed by atoms with Gasteiger partial charge in [0.1, 0.15) is 5.69 Å². The zero-order valence-electron chi connectivity index (χ0n) is 14.7. The van der Waals surface area contributed by atoms with Crippen LogP contribution in [0.15, 0.2) is 36.7 Å². The molecule has 0 aliphatic heterocycles. The fourth-order valence-corrected chi connectivity index (χ4v) is 1.92. The van der Waals surface area contributed by atoms with Gasteiger partial charge in [-0.25, -0.2) is 14.8 Å². The van der Waals surface area contributed by atoms with Gasteiger partial charge < -0.3 is 15.7 Å². The molecule has 0 bridgehead atoms. The number of anilines is 1. The van der Waals surface area contributed by atoms with Crippen LogP contribution in [-0.4, -0.2) is 38.4 Å². The zero-order valence-corrected chi connectivity index (χ0v) is 14.7. The minimum Gasteiger partial charge on any atom is -0.476 e. The SMILES string of the molecule is CCC(C)(C)NC(=O)c1ccc(NC(=O)c2cnc(C(=O)O)cn2)cc1. The van der Waals surface area contributed by atoms with Crippen LogP contribution in [0, 0.1) is 0 Å². The maximum atomic E-state index is 12.2. The molecule has 0 unspecified atom stereocenters. The van der Waals surface area contributed by atoms with Gasteiger partial charge in [0.25, 0.3) is 11.8 Å². The van der Waals surface area contributed by atoms with Gasteiger partial charge in [0, 0.05) is 16.8 Å². The highest BCUT2D eigenvalue weighted by molar-refractivity contribution is 6.03. The molecule has 1 aromatic heterocycles. The molecule has 2 aromatic rings. The van der Waals surface area contributed by atoms with E-state index in [0.717, 1.165) is 18.8 Å². The van der Waals surface area contributed by atoms with Gasteiger partial charge in [-0.3, -0.25) is 9.59 Å². The molecule has 3 N–H and O–H groups in total. The van der Waals surface area contributed by atoms with Gasteiger partial charge in [0.2, 0.25) is 0 Å². The first kappa shape index (κ1) is 19.0. The Morgan fingerprint density at radius 1 is 1.00 bits per heavy atom. The summed E-state index contributed by atoms with van der Waals surface area (Å²) < 4.78 is 0. The summed E-state index contributed by atoms with van der Waals surface area (Å²) in [7, 11) is 0. The Labute approximate surface area is 150 Å². The number of carbonyl (C=O) groups is 3. The Hall–Kier alpha value is -3.29. The standard InChI is InChI=1S/C18H20N4O4/c1-4-18(2,3)22-15(23)11-5-7-12(8-6-11)21-16(24)13-9-20-14(10-19-13)17(25)26/h5-10H,4H2,1-3H3,(H,21,24)(H,22,23)(H,25,26). The average molecular weight is 356 g/mol. The van der Waals surface area contributed by atoms with Crippen LogP contribution >= 0.6 is 0 Å². The van der Waals surface area contributed by atoms with Crippen molar-refractivity contribution in [2.45, 2.75) is 32.7 Å². The van der Waals surface area contributed by atoms with E-state index < -0.39 is 11.9 Å². The highest BCUT2D eigenvalue weighted by atomic mass is 16.4. The Kier molecular flexibility index (Phi) is 5.66. The van der Waals surface area contributed by atoms with E-state index in [9.17, 15) is 14.4 Å². The number of carboxylic acids is 1. The van der Waals surface area contributed by atoms with Crippen LogP contribution < -0.4 is 10.6 Å². The van der Waals surface area contributed by atoms with E-state index in [1.54, 1.807) is 24.3 Å². The van der Waals surface area contributed by atoms with Gasteiger partial charge in [-0.15, -0.1) is 0 Å². The van der Waals surface area contributed by atoms with E-state index in [-0.39, 0.29) is 22.8 Å². The van der Waals surface area contributed by atoms with E-state index in [0.29, 0.717) is 11.3 Å². The van der Waals surface area contributed by atoms with Gasteiger partial charge in [0.05, 0.1) is 12.4 Å². The van der Waals surface area contributed by atoms with Crippen molar-refractivity contribution in [3.63, 3.8) is 0 Å². The average Bonchev–Trinajstić information content (AvgIpc) is 2.62. The lowest BCUT2D eigenvalue weighted by atomic mass is 10.0. The van der Waals surface area contributed by atoms with Crippen molar-refractivity contribution in [1.82, 2.24) is 15.3 Å². The van der Waals surface area contributed by atoms with E-state index in [1.807, 2.05) is 20.8 Å². The third-order valence-corrected chi connectivity index (χ3v) is 3.84. The minimum absolute atomic E-state index is 0.0125. The predicted octanol–water partition coefficient (Wildman–Crippen LogP) is 2.35. The monoisotopic (exact) mass is 356 g/mol. The lowest BCUT2D eigenvalue weighted by molar-refractivity contribution is 0.0688. The maximum absolute atomic E-state index is 12.2. The second kappa shape index (κ2) is 7.73. The number of aromatic carboxylic acids is 1. The van der Waals surface area contributed by atoms with E-state index in [4.69, 9.17) is 5.11 Å². The molecule has 8 heteroatoms. The zero-order chi connectivity index (χ0) is 19.3. The third-order valence-electron chi connectivity index (χ3n) is 3.84. The number of amides is 2. The summed E-state index contributed by atoms with van der Waals surface area (Å²) >= 11 is 0. The van der Waals surface area contributed by atoms with Crippen LogP contribution in [0.4, 0.5) is 5.69 Å². The minimum atomic E-state index is -1.22. The van der Waals surface area contributed by atoms with Crippen molar-refractivity contribution in [2.24, 2.45) is 0 Å². The van der Waals surface area contributed by atoms with E-state index in [2.05, 4.69) is 20.6 Å². The van der Waals surface area contributed by atoms with Crippen LogP contribution in [0.25, 0.3) is 0 Å². The molecule has 0 spiro atoms. The van der Waals surface area contributed by atoms with Crippen molar-refractivity contribution in [2.75, 3.05) is 5.32 Å². The molecular weight excluding hydrogens is 336 g/mol. The Morgan fingerprint density at radius 2 is 1.58 bits per heavy atom. The van der Waals surface area contributed by atoms with Crippen LogP contribution in [0.2, 0.25) is 0 Å². The first-order valence-corrected chi connectivity index (χ1v) is 8.01. The van der Waals surface area contributed by atoms with Crippen LogP contribution in [-0.2, 0) is 0 Å². The quantitative estimate of drug-likeness (QED) is 0.730. The first-order chi connectivity index (χ1) is 12.2. The molecule has 2 amide bonds. The lowest BCUT2D eigenvalue weighted by Gasteiger charge is -2.24. The fourth-order valence-electron chi connectivity index (χ4n) is 1.92. The number of rotatable bonds is 6. The molecule has 0 fully saturated rings. The third kappa shape index (κ3) is 4.85. The number of hydrogen-bond donors (Lipinski definition) is 3. The Balaban J connectivity index is 2.03. The number of carbonyl (C=O) groups excluding carboxylic acids is 2. The van der Waals surface area contributed by atoms with Gasteiger partial charge in [-0.05, 0) is 44.5 Å².